The third-order valence-electron chi connectivity index (χ3n) is 1.47. The van der Waals surface area contributed by atoms with Gasteiger partial charge in [-0.15, -0.1) is 0 Å². The summed E-state index contributed by atoms with van der Waals surface area (Å²) in [5.41, 5.74) is 5.84. The van der Waals surface area contributed by atoms with Crippen molar-refractivity contribution in [1.29, 1.82) is 0 Å². The predicted octanol–water partition coefficient (Wildman–Crippen LogP) is -0.189. The number of hydrogen-bond donors (Lipinski definition) is 2. The minimum Gasteiger partial charge on any atom is -0.398 e. The molecule has 4 heteroatoms. The highest BCUT2D eigenvalue weighted by Crippen LogP contribution is 1.96. The van der Waals surface area contributed by atoms with E-state index in [1.165, 1.54) is 16.8 Å². The maximum Gasteiger partial charge on any atom is 0.250 e. The van der Waals surface area contributed by atoms with Gasteiger partial charge < -0.3 is 15.4 Å². The molecule has 12 heavy (non-hydrogen) atoms. The van der Waals surface area contributed by atoms with Crippen molar-refractivity contribution in [2.45, 2.75) is 19.6 Å². The van der Waals surface area contributed by atoms with E-state index in [4.69, 9.17) is 10.8 Å². The molecule has 1 atom stereocenters. The standard InChI is InChI=1S/C8H12N2O2/c1-6(11)4-10-5-7(9)2-3-8(10)12/h2-3,5-6,11H,4,9H2,1H3. The van der Waals surface area contributed by atoms with Crippen LogP contribution in [0.2, 0.25) is 0 Å². The summed E-state index contributed by atoms with van der Waals surface area (Å²) in [5, 5.41) is 9.02. The Morgan fingerprint density at radius 2 is 2.33 bits per heavy atom. The second-order valence-electron chi connectivity index (χ2n) is 2.80. The Labute approximate surface area is 70.3 Å². The minimum absolute atomic E-state index is 0.148. The molecule has 1 rings (SSSR count). The molecular weight excluding hydrogens is 156 g/mol. The van der Waals surface area contributed by atoms with E-state index >= 15 is 0 Å². The van der Waals surface area contributed by atoms with Crippen LogP contribution in [0.5, 0.6) is 0 Å². The maximum atomic E-state index is 11.1. The first-order valence-electron chi connectivity index (χ1n) is 3.73. The number of aromatic nitrogens is 1. The zero-order valence-electron chi connectivity index (χ0n) is 6.90. The first-order chi connectivity index (χ1) is 5.59. The molecule has 1 aromatic heterocycles. The lowest BCUT2D eigenvalue weighted by molar-refractivity contribution is 0.172. The van der Waals surface area contributed by atoms with Crippen LogP contribution in [0.3, 0.4) is 0 Å². The number of nitrogen functional groups attached to an aromatic ring is 1. The minimum atomic E-state index is -0.538. The molecule has 3 N–H and O–H groups in total. The van der Waals surface area contributed by atoms with Crippen LogP contribution in [-0.2, 0) is 6.54 Å². The number of anilines is 1. The third-order valence-corrected chi connectivity index (χ3v) is 1.47. The van der Waals surface area contributed by atoms with Crippen LogP contribution in [0.15, 0.2) is 23.1 Å². The van der Waals surface area contributed by atoms with Crippen molar-refractivity contribution in [2.75, 3.05) is 5.73 Å². The molecule has 0 spiro atoms. The summed E-state index contributed by atoms with van der Waals surface area (Å²) in [6, 6.07) is 2.93. The van der Waals surface area contributed by atoms with E-state index in [0.717, 1.165) is 0 Å². The Morgan fingerprint density at radius 1 is 1.67 bits per heavy atom. The molecule has 1 aromatic rings. The van der Waals surface area contributed by atoms with Gasteiger partial charge in [-0.25, -0.2) is 0 Å². The summed E-state index contributed by atoms with van der Waals surface area (Å²) in [6.45, 7) is 1.90. The molecule has 0 bridgehead atoms. The number of aliphatic hydroxyl groups is 1. The first kappa shape index (κ1) is 8.80. The summed E-state index contributed by atoms with van der Waals surface area (Å²) in [6.07, 6.45) is 0.985. The first-order valence-corrected chi connectivity index (χ1v) is 3.73. The average molecular weight is 168 g/mol. The molecule has 66 valence electrons. The molecule has 0 fully saturated rings. The van der Waals surface area contributed by atoms with Crippen LogP contribution < -0.4 is 11.3 Å². The Morgan fingerprint density at radius 3 is 2.92 bits per heavy atom. The largest absolute Gasteiger partial charge is 0.398 e. The van der Waals surface area contributed by atoms with Crippen LogP contribution in [0.1, 0.15) is 6.92 Å². The van der Waals surface area contributed by atoms with Gasteiger partial charge in [0.1, 0.15) is 0 Å². The van der Waals surface area contributed by atoms with Crippen LogP contribution >= 0.6 is 0 Å². The van der Waals surface area contributed by atoms with E-state index < -0.39 is 6.10 Å². The summed E-state index contributed by atoms with van der Waals surface area (Å²) in [4.78, 5) is 11.1. The fourth-order valence-corrected chi connectivity index (χ4v) is 0.977. The van der Waals surface area contributed by atoms with Crippen LogP contribution in [0, 0.1) is 0 Å². The number of nitrogens with zero attached hydrogens (tertiary/aromatic N) is 1. The zero-order chi connectivity index (χ0) is 9.14. The van der Waals surface area contributed by atoms with Crippen molar-refractivity contribution in [3.63, 3.8) is 0 Å². The van der Waals surface area contributed by atoms with Gasteiger partial charge in [0, 0.05) is 18.0 Å². The third kappa shape index (κ3) is 2.10. The summed E-state index contributed by atoms with van der Waals surface area (Å²) in [7, 11) is 0. The van der Waals surface area contributed by atoms with Gasteiger partial charge in [0.2, 0.25) is 0 Å². The molecule has 0 saturated heterocycles. The number of hydrogen-bond acceptors (Lipinski definition) is 3. The van der Waals surface area contributed by atoms with Gasteiger partial charge in [0.15, 0.2) is 0 Å². The van der Waals surface area contributed by atoms with Crippen molar-refractivity contribution in [3.8, 4) is 0 Å². The number of nitrogens with two attached hydrogens (primary N) is 1. The molecular formula is C8H12N2O2. The Hall–Kier alpha value is -1.29. The molecule has 0 aliphatic rings. The number of pyridine rings is 1. The van der Waals surface area contributed by atoms with E-state index in [0.29, 0.717) is 5.69 Å². The molecule has 0 radical (unpaired) electrons. The molecule has 0 aliphatic carbocycles. The molecule has 4 nitrogen and oxygen atoms in total. The second kappa shape index (κ2) is 3.40. The second-order valence-corrected chi connectivity index (χ2v) is 2.80. The highest BCUT2D eigenvalue weighted by Gasteiger charge is 1.99. The molecule has 0 aromatic carbocycles. The quantitative estimate of drug-likeness (QED) is 0.643. The summed E-state index contributed by atoms with van der Waals surface area (Å²) in [5.74, 6) is 0. The van der Waals surface area contributed by atoms with Gasteiger partial charge >= 0.3 is 0 Å². The molecule has 1 unspecified atom stereocenters. The summed E-state index contributed by atoms with van der Waals surface area (Å²) < 4.78 is 1.39. The van der Waals surface area contributed by atoms with Crippen molar-refractivity contribution >= 4 is 5.69 Å². The zero-order valence-corrected chi connectivity index (χ0v) is 6.90. The van der Waals surface area contributed by atoms with E-state index in [2.05, 4.69) is 0 Å². The normalized spacial score (nSPS) is 12.8. The summed E-state index contributed by atoms with van der Waals surface area (Å²) >= 11 is 0. The Balaban J connectivity index is 2.98. The monoisotopic (exact) mass is 168 g/mol. The fourth-order valence-electron chi connectivity index (χ4n) is 0.977. The van der Waals surface area contributed by atoms with Gasteiger partial charge in [-0.3, -0.25) is 4.79 Å². The van der Waals surface area contributed by atoms with Crippen LogP contribution in [-0.4, -0.2) is 15.8 Å². The van der Waals surface area contributed by atoms with Gasteiger partial charge in [-0.1, -0.05) is 0 Å². The van der Waals surface area contributed by atoms with E-state index in [-0.39, 0.29) is 12.1 Å². The lowest BCUT2D eigenvalue weighted by Crippen LogP contribution is -2.24. The Bertz CT molecular complexity index is 317. The van der Waals surface area contributed by atoms with Crippen molar-refractivity contribution in [3.05, 3.63) is 28.7 Å². The maximum absolute atomic E-state index is 11.1. The van der Waals surface area contributed by atoms with Gasteiger partial charge in [0.05, 0.1) is 12.6 Å². The van der Waals surface area contributed by atoms with Gasteiger partial charge in [0.25, 0.3) is 5.56 Å². The Kier molecular flexibility index (Phi) is 2.50. The molecule has 0 aliphatic heterocycles. The van der Waals surface area contributed by atoms with Gasteiger partial charge in [-0.05, 0) is 13.0 Å². The molecule has 0 saturated carbocycles. The number of aliphatic hydroxyl groups excluding tert-OH is 1. The smallest absolute Gasteiger partial charge is 0.250 e. The van der Waals surface area contributed by atoms with Crippen LogP contribution in [0.4, 0.5) is 5.69 Å². The van der Waals surface area contributed by atoms with E-state index in [1.54, 1.807) is 13.0 Å². The van der Waals surface area contributed by atoms with E-state index in [9.17, 15) is 4.79 Å². The molecule has 0 amide bonds. The van der Waals surface area contributed by atoms with E-state index in [1.807, 2.05) is 0 Å². The molecule has 1 heterocycles. The topological polar surface area (TPSA) is 68.2 Å². The van der Waals surface area contributed by atoms with Crippen molar-refractivity contribution < 1.29 is 5.11 Å². The van der Waals surface area contributed by atoms with Crippen molar-refractivity contribution in [1.82, 2.24) is 4.57 Å². The predicted molar refractivity (Wildman–Crippen MR) is 46.8 cm³/mol. The van der Waals surface area contributed by atoms with Crippen molar-refractivity contribution in [2.24, 2.45) is 0 Å². The lowest BCUT2D eigenvalue weighted by Gasteiger charge is -2.07. The van der Waals surface area contributed by atoms with Gasteiger partial charge in [-0.2, -0.15) is 0 Å². The fraction of sp³-hybridized carbons (Fsp3) is 0.375. The average Bonchev–Trinajstić information content (AvgIpc) is 1.96. The SMILES string of the molecule is CC(O)Cn1cc(N)ccc1=O. The van der Waals surface area contributed by atoms with Crippen LogP contribution in [0.25, 0.3) is 0 Å². The lowest BCUT2D eigenvalue weighted by atomic mass is 10.3. The highest BCUT2D eigenvalue weighted by atomic mass is 16.3. The number of rotatable bonds is 2. The highest BCUT2D eigenvalue weighted by molar-refractivity contribution is 5.33.